The number of hydrogen-bond donors (Lipinski definition) is 3. The molecule has 28 heavy (non-hydrogen) atoms. The number of piperazine rings is 1. The standard InChI is InChI=1S/C21H24N4O3/c1-16(26)17-7-9-19(10-8-17)25-13-11-24(12-14-25)15-20(27)22-23-21(28)18-5-3-2-4-6-18/h2-10H,11-15H2,1H3,(H,22,27)(H,23,28)/p+1. The summed E-state index contributed by atoms with van der Waals surface area (Å²) in [5.41, 5.74) is 7.23. The number of anilines is 1. The van der Waals surface area contributed by atoms with Crippen LogP contribution in [-0.4, -0.2) is 50.3 Å². The lowest BCUT2D eigenvalue weighted by Gasteiger charge is -2.33. The van der Waals surface area contributed by atoms with Gasteiger partial charge in [0.1, 0.15) is 0 Å². The number of hydrazine groups is 1. The van der Waals surface area contributed by atoms with E-state index >= 15 is 0 Å². The van der Waals surface area contributed by atoms with Crippen LogP contribution >= 0.6 is 0 Å². The van der Waals surface area contributed by atoms with Gasteiger partial charge in [0.2, 0.25) is 0 Å². The van der Waals surface area contributed by atoms with E-state index in [9.17, 15) is 14.4 Å². The lowest BCUT2D eigenvalue weighted by Crippen LogP contribution is -3.16. The number of nitrogens with zero attached hydrogens (tertiary/aromatic N) is 1. The van der Waals surface area contributed by atoms with Gasteiger partial charge in [0.25, 0.3) is 11.8 Å². The van der Waals surface area contributed by atoms with Crippen LogP contribution in [0.2, 0.25) is 0 Å². The number of nitrogens with one attached hydrogen (secondary N) is 3. The molecule has 7 nitrogen and oxygen atoms in total. The number of ketones is 1. The van der Waals surface area contributed by atoms with Crippen molar-refractivity contribution in [3.63, 3.8) is 0 Å². The molecule has 0 saturated carbocycles. The topological polar surface area (TPSA) is 83.0 Å². The number of amides is 2. The van der Waals surface area contributed by atoms with Crippen LogP contribution in [0.15, 0.2) is 54.6 Å². The molecule has 0 bridgehead atoms. The molecule has 0 aromatic heterocycles. The van der Waals surface area contributed by atoms with Crippen molar-refractivity contribution in [2.45, 2.75) is 6.92 Å². The zero-order chi connectivity index (χ0) is 19.9. The summed E-state index contributed by atoms with van der Waals surface area (Å²) in [5, 5.41) is 0. The molecule has 3 rings (SSSR count). The molecule has 3 N–H and O–H groups in total. The Balaban J connectivity index is 1.42. The van der Waals surface area contributed by atoms with Crippen molar-refractivity contribution in [2.75, 3.05) is 37.6 Å². The summed E-state index contributed by atoms with van der Waals surface area (Å²) in [4.78, 5) is 38.9. The van der Waals surface area contributed by atoms with Crippen molar-refractivity contribution in [1.82, 2.24) is 10.9 Å². The highest BCUT2D eigenvalue weighted by Crippen LogP contribution is 2.15. The third kappa shape index (κ3) is 5.17. The molecule has 2 amide bonds. The Morgan fingerprint density at radius 3 is 2.14 bits per heavy atom. The molecule has 1 aliphatic rings. The van der Waals surface area contributed by atoms with Gasteiger partial charge in [0.05, 0.1) is 26.2 Å². The van der Waals surface area contributed by atoms with Crippen molar-refractivity contribution >= 4 is 23.3 Å². The van der Waals surface area contributed by atoms with E-state index in [2.05, 4.69) is 15.8 Å². The van der Waals surface area contributed by atoms with Gasteiger partial charge in [-0.2, -0.15) is 0 Å². The minimum Gasteiger partial charge on any atom is -0.360 e. The fourth-order valence-corrected chi connectivity index (χ4v) is 3.22. The van der Waals surface area contributed by atoms with E-state index in [4.69, 9.17) is 0 Å². The van der Waals surface area contributed by atoms with E-state index in [0.717, 1.165) is 31.9 Å². The van der Waals surface area contributed by atoms with E-state index in [1.807, 2.05) is 30.3 Å². The van der Waals surface area contributed by atoms with Crippen LogP contribution in [0.25, 0.3) is 0 Å². The molecule has 2 aromatic carbocycles. The van der Waals surface area contributed by atoms with Gasteiger partial charge >= 0.3 is 0 Å². The lowest BCUT2D eigenvalue weighted by molar-refractivity contribution is -0.892. The summed E-state index contributed by atoms with van der Waals surface area (Å²) in [6, 6.07) is 16.4. The van der Waals surface area contributed by atoms with Gasteiger partial charge < -0.3 is 9.80 Å². The minimum atomic E-state index is -0.331. The SMILES string of the molecule is CC(=O)c1ccc(N2CC[NH+](CC(=O)NNC(=O)c3ccccc3)CC2)cc1. The van der Waals surface area contributed by atoms with Crippen molar-refractivity contribution in [2.24, 2.45) is 0 Å². The Bertz CT molecular complexity index is 828. The minimum absolute atomic E-state index is 0.0613. The Hall–Kier alpha value is -3.19. The zero-order valence-electron chi connectivity index (χ0n) is 15.9. The zero-order valence-corrected chi connectivity index (χ0v) is 15.9. The number of quaternary nitrogens is 1. The molecule has 7 heteroatoms. The van der Waals surface area contributed by atoms with Crippen LogP contribution in [-0.2, 0) is 4.79 Å². The molecule has 2 aromatic rings. The molecule has 1 fully saturated rings. The number of rotatable bonds is 5. The smallest absolute Gasteiger partial charge is 0.293 e. The maximum Gasteiger partial charge on any atom is 0.293 e. The van der Waals surface area contributed by atoms with E-state index in [0.29, 0.717) is 17.7 Å². The first-order valence-corrected chi connectivity index (χ1v) is 9.36. The van der Waals surface area contributed by atoms with Gasteiger partial charge in [-0.3, -0.25) is 25.2 Å². The largest absolute Gasteiger partial charge is 0.360 e. The van der Waals surface area contributed by atoms with Gasteiger partial charge in [0.15, 0.2) is 12.3 Å². The van der Waals surface area contributed by atoms with E-state index in [1.54, 1.807) is 31.2 Å². The number of benzene rings is 2. The van der Waals surface area contributed by atoms with Crippen LogP contribution < -0.4 is 20.7 Å². The predicted molar refractivity (Wildman–Crippen MR) is 106 cm³/mol. The van der Waals surface area contributed by atoms with Crippen LogP contribution in [0.5, 0.6) is 0 Å². The summed E-state index contributed by atoms with van der Waals surface area (Å²) >= 11 is 0. The van der Waals surface area contributed by atoms with Crippen molar-refractivity contribution < 1.29 is 19.3 Å². The number of Topliss-reactive ketones (excluding diaryl/α,β-unsaturated/α-hetero) is 1. The summed E-state index contributed by atoms with van der Waals surface area (Å²) in [6.45, 7) is 5.19. The summed E-state index contributed by atoms with van der Waals surface area (Å²) < 4.78 is 0. The molecule has 0 atom stereocenters. The number of carbonyl (C=O) groups excluding carboxylic acids is 3. The van der Waals surface area contributed by atoms with Crippen molar-refractivity contribution in [1.29, 1.82) is 0 Å². The van der Waals surface area contributed by atoms with Gasteiger partial charge in [0, 0.05) is 16.8 Å². The maximum atomic E-state index is 12.1. The summed E-state index contributed by atoms with van der Waals surface area (Å²) in [6.07, 6.45) is 0. The van der Waals surface area contributed by atoms with Crippen LogP contribution in [0.1, 0.15) is 27.6 Å². The van der Waals surface area contributed by atoms with Gasteiger partial charge in [-0.15, -0.1) is 0 Å². The van der Waals surface area contributed by atoms with Crippen LogP contribution in [0.3, 0.4) is 0 Å². The first-order valence-electron chi connectivity index (χ1n) is 9.36. The van der Waals surface area contributed by atoms with E-state index < -0.39 is 0 Å². The first-order chi connectivity index (χ1) is 13.5. The predicted octanol–water partition coefficient (Wildman–Crippen LogP) is 0.0553. The van der Waals surface area contributed by atoms with Crippen LogP contribution in [0.4, 0.5) is 5.69 Å². The Morgan fingerprint density at radius 1 is 0.893 bits per heavy atom. The fraction of sp³-hybridized carbons (Fsp3) is 0.286. The first kappa shape index (κ1) is 19.6. The number of carbonyl (C=O) groups is 3. The molecule has 0 radical (unpaired) electrons. The normalized spacial score (nSPS) is 14.4. The highest BCUT2D eigenvalue weighted by Gasteiger charge is 2.22. The third-order valence-corrected chi connectivity index (χ3v) is 4.87. The van der Waals surface area contributed by atoms with Crippen molar-refractivity contribution in [3.05, 3.63) is 65.7 Å². The molecule has 1 aliphatic heterocycles. The van der Waals surface area contributed by atoms with E-state index in [-0.39, 0.29) is 17.6 Å². The Morgan fingerprint density at radius 2 is 1.54 bits per heavy atom. The Kier molecular flexibility index (Phi) is 6.39. The second kappa shape index (κ2) is 9.14. The highest BCUT2D eigenvalue weighted by atomic mass is 16.2. The van der Waals surface area contributed by atoms with Crippen LogP contribution in [0, 0.1) is 0 Å². The molecule has 1 heterocycles. The summed E-state index contributed by atoms with van der Waals surface area (Å²) in [5.74, 6) is -0.479. The molecule has 0 aliphatic carbocycles. The monoisotopic (exact) mass is 381 g/mol. The fourth-order valence-electron chi connectivity index (χ4n) is 3.22. The number of hydrogen-bond acceptors (Lipinski definition) is 4. The summed E-state index contributed by atoms with van der Waals surface area (Å²) in [7, 11) is 0. The quantitative estimate of drug-likeness (QED) is 0.505. The van der Waals surface area contributed by atoms with Crippen molar-refractivity contribution in [3.8, 4) is 0 Å². The Labute approximate surface area is 164 Å². The van der Waals surface area contributed by atoms with Gasteiger partial charge in [-0.1, -0.05) is 18.2 Å². The molecule has 0 spiro atoms. The molecule has 146 valence electrons. The maximum absolute atomic E-state index is 12.1. The van der Waals surface area contributed by atoms with Gasteiger partial charge in [-0.05, 0) is 43.3 Å². The average molecular weight is 381 g/mol. The van der Waals surface area contributed by atoms with E-state index in [1.165, 1.54) is 4.90 Å². The lowest BCUT2D eigenvalue weighted by atomic mass is 10.1. The molecule has 1 saturated heterocycles. The molecular formula is C21H25N4O3+. The van der Waals surface area contributed by atoms with Gasteiger partial charge in [-0.25, -0.2) is 0 Å². The average Bonchev–Trinajstić information content (AvgIpc) is 2.73. The second-order valence-corrected chi connectivity index (χ2v) is 6.89. The third-order valence-electron chi connectivity index (χ3n) is 4.87. The second-order valence-electron chi connectivity index (χ2n) is 6.89. The molecular weight excluding hydrogens is 356 g/mol. The highest BCUT2D eigenvalue weighted by molar-refractivity contribution is 5.95. The molecule has 0 unspecified atom stereocenters.